The maximum absolute atomic E-state index is 13.2. The SMILES string of the molecule is CCCCC/C=C\C\C=C/C=C/C=C/[C@@H](SC[C@H](N)C(=O)OC[C@H](COP(=O)(O)OP(=O)(O)OC[C@H]1O[C@@H](n2ccc(N)nc2=O)[C@H](O)[C@@H]1O)OC(=O)CCCCCCCCCCC(C)C)[C@@H](O)CCCC(=O)O. The fraction of sp³-hybridized carbons (Fsp3) is 0.694. The zero-order chi connectivity index (χ0) is 54.9. The molecular weight excluding hydrogens is 1030 g/mol. The normalized spacial score (nSPS) is 20.6. The van der Waals surface area contributed by atoms with Crippen LogP contribution in [0.5, 0.6) is 0 Å². The van der Waals surface area contributed by atoms with Crippen molar-refractivity contribution in [2.24, 2.45) is 11.7 Å². The first-order chi connectivity index (χ1) is 35.1. The number of carbonyl (C=O) groups excluding carboxylic acids is 2. The minimum Gasteiger partial charge on any atom is -0.481 e. The van der Waals surface area contributed by atoms with Gasteiger partial charge in [0.25, 0.3) is 0 Å². The smallest absolute Gasteiger partial charge is 0.481 e. The number of phosphoric ester groups is 2. The van der Waals surface area contributed by atoms with E-state index in [4.69, 9.17) is 39.8 Å². The number of rotatable bonds is 41. The number of hydrogen-bond acceptors (Lipinski definition) is 19. The summed E-state index contributed by atoms with van der Waals surface area (Å²) in [7, 11) is -11.1. The van der Waals surface area contributed by atoms with Crippen molar-refractivity contribution in [3.63, 3.8) is 0 Å². The van der Waals surface area contributed by atoms with Crippen LogP contribution in [-0.2, 0) is 51.1 Å². The maximum atomic E-state index is 13.2. The van der Waals surface area contributed by atoms with Crippen LogP contribution in [0, 0.1) is 5.92 Å². The molecule has 1 aromatic rings. The Kier molecular flexibility index (Phi) is 33.5. The van der Waals surface area contributed by atoms with Crippen LogP contribution in [0.15, 0.2) is 65.7 Å². The highest BCUT2D eigenvalue weighted by atomic mass is 32.2. The second-order valence-electron chi connectivity index (χ2n) is 18.4. The number of unbranched alkanes of at least 4 members (excludes halogenated alkanes) is 10. The van der Waals surface area contributed by atoms with E-state index in [0.717, 1.165) is 73.9 Å². The lowest BCUT2D eigenvalue weighted by molar-refractivity contribution is -0.161. The van der Waals surface area contributed by atoms with Crippen molar-refractivity contribution in [3.05, 3.63) is 71.4 Å². The number of aliphatic carboxylic acids is 1. The number of carboxylic acid groups (broad SMARTS) is 1. The number of esters is 2. The van der Waals surface area contributed by atoms with E-state index in [-0.39, 0.29) is 37.3 Å². The maximum Gasteiger partial charge on any atom is 0.481 e. The molecule has 25 heteroatoms. The van der Waals surface area contributed by atoms with Crippen molar-refractivity contribution in [3.8, 4) is 0 Å². The number of allylic oxidation sites excluding steroid dienone is 7. The van der Waals surface area contributed by atoms with Gasteiger partial charge in [-0.1, -0.05) is 134 Å². The number of thioether (sulfide) groups is 1. The van der Waals surface area contributed by atoms with Gasteiger partial charge in [0.1, 0.15) is 36.8 Å². The van der Waals surface area contributed by atoms with E-state index < -0.39 is 107 Å². The van der Waals surface area contributed by atoms with Gasteiger partial charge in [0.2, 0.25) is 0 Å². The van der Waals surface area contributed by atoms with Crippen LogP contribution >= 0.6 is 27.4 Å². The first-order valence-corrected chi connectivity index (χ1v) is 29.5. The minimum absolute atomic E-state index is 0.0538. The Hall–Kier alpha value is -3.54. The topological polar surface area (TPSA) is 349 Å². The summed E-state index contributed by atoms with van der Waals surface area (Å²) in [6.07, 6.45) is 21.5. The molecule has 2 heterocycles. The predicted molar refractivity (Wildman–Crippen MR) is 280 cm³/mol. The van der Waals surface area contributed by atoms with E-state index in [1.165, 1.54) is 38.2 Å². The number of ether oxygens (including phenoxy) is 3. The van der Waals surface area contributed by atoms with E-state index in [0.29, 0.717) is 12.3 Å². The molecule has 0 aromatic carbocycles. The molecule has 422 valence electrons. The van der Waals surface area contributed by atoms with Gasteiger partial charge in [-0.2, -0.15) is 9.29 Å². The number of aliphatic hydroxyl groups excluding tert-OH is 3. The molecule has 1 saturated heterocycles. The molecule has 10 atom stereocenters. The fourth-order valence-electron chi connectivity index (χ4n) is 7.23. The Balaban J connectivity index is 2.06. The van der Waals surface area contributed by atoms with Crippen molar-refractivity contribution < 1.29 is 81.3 Å². The van der Waals surface area contributed by atoms with E-state index >= 15 is 0 Å². The molecule has 0 radical (unpaired) electrons. The number of carbonyl (C=O) groups is 3. The lowest BCUT2D eigenvalue weighted by Crippen LogP contribution is -2.38. The molecule has 10 N–H and O–H groups in total. The Morgan fingerprint density at radius 3 is 2.22 bits per heavy atom. The van der Waals surface area contributed by atoms with Gasteiger partial charge in [-0.15, -0.1) is 11.8 Å². The average Bonchev–Trinajstić information content (AvgIpc) is 3.61. The highest BCUT2D eigenvalue weighted by Crippen LogP contribution is 2.60. The standard InChI is InChI=1S/C49H82N4O18P2S/c1-4-5-6-7-8-9-10-11-12-16-19-22-27-41(39(54)26-24-28-43(55)56)74-35-38(50)48(60)66-32-37(69-44(57)29-23-20-17-14-13-15-18-21-25-36(2)3)33-67-72(62,63)71-73(64,65)68-34-40-45(58)46(59)47(70-40)53-31-30-42(51)52-49(53)61/h8-9,11-12,16,19,22,27,30-31,36-41,45-47,54,58-59H,4-7,10,13-15,17-18,20-21,23-26,28-29,32-35,50H2,1-3H3,(H,55,56)(H,62,63)(H,64,65)(H2,51,52,61)/b9-8-,12-11-,19-16+,27-22+/t37-,38+,39+,40-,41-,45-,46-,47-/m1/s1. The van der Waals surface area contributed by atoms with Crippen LogP contribution in [-0.4, -0.2) is 125 Å². The third kappa shape index (κ3) is 29.7. The third-order valence-corrected chi connectivity index (χ3v) is 15.4. The molecule has 2 rings (SSSR count). The van der Waals surface area contributed by atoms with Crippen LogP contribution < -0.4 is 17.2 Å². The number of aromatic nitrogens is 2. The summed E-state index contributed by atoms with van der Waals surface area (Å²) >= 11 is 1.12. The zero-order valence-electron chi connectivity index (χ0n) is 43.0. The van der Waals surface area contributed by atoms with Gasteiger partial charge in [0.05, 0.1) is 19.3 Å². The molecule has 0 bridgehead atoms. The van der Waals surface area contributed by atoms with Gasteiger partial charge in [0.15, 0.2) is 12.3 Å². The van der Waals surface area contributed by atoms with Crippen molar-refractivity contribution in [2.75, 3.05) is 31.3 Å². The number of nitrogen functional groups attached to an aromatic ring is 1. The number of phosphoric acid groups is 2. The Bertz CT molecular complexity index is 2080. The molecule has 1 fully saturated rings. The summed E-state index contributed by atoms with van der Waals surface area (Å²) in [5.41, 5.74) is 10.7. The van der Waals surface area contributed by atoms with Crippen LogP contribution in [0.1, 0.15) is 143 Å². The highest BCUT2D eigenvalue weighted by Gasteiger charge is 2.46. The number of aliphatic hydroxyl groups is 3. The first-order valence-electron chi connectivity index (χ1n) is 25.4. The number of hydrogen-bond donors (Lipinski definition) is 8. The van der Waals surface area contributed by atoms with Crippen molar-refractivity contribution in [1.29, 1.82) is 0 Å². The zero-order valence-corrected chi connectivity index (χ0v) is 45.6. The summed E-state index contributed by atoms with van der Waals surface area (Å²) in [5, 5.41) is 40.4. The van der Waals surface area contributed by atoms with Gasteiger partial charge in [-0.05, 0) is 50.5 Å². The second kappa shape index (κ2) is 37.3. The molecule has 1 aliphatic heterocycles. The summed E-state index contributed by atoms with van der Waals surface area (Å²) in [6, 6.07) is -0.0737. The fourth-order valence-corrected chi connectivity index (χ4v) is 10.5. The molecule has 2 unspecified atom stereocenters. The third-order valence-electron chi connectivity index (χ3n) is 11.3. The van der Waals surface area contributed by atoms with Crippen LogP contribution in [0.4, 0.5) is 5.82 Å². The van der Waals surface area contributed by atoms with Gasteiger partial charge in [0, 0.05) is 30.0 Å². The molecule has 0 spiro atoms. The van der Waals surface area contributed by atoms with E-state index in [9.17, 15) is 53.4 Å². The largest absolute Gasteiger partial charge is 0.481 e. The highest BCUT2D eigenvalue weighted by molar-refractivity contribution is 8.00. The number of carboxylic acids is 1. The molecule has 1 aromatic heterocycles. The molecule has 1 aliphatic rings. The lowest BCUT2D eigenvalue weighted by atomic mass is 10.0. The van der Waals surface area contributed by atoms with Gasteiger partial charge in [-0.25, -0.2) is 13.9 Å². The van der Waals surface area contributed by atoms with Crippen molar-refractivity contribution in [1.82, 2.24) is 9.55 Å². The lowest BCUT2D eigenvalue weighted by Gasteiger charge is -2.23. The molecule has 74 heavy (non-hydrogen) atoms. The second-order valence-corrected chi connectivity index (χ2v) is 22.6. The monoisotopic (exact) mass is 1110 g/mol. The van der Waals surface area contributed by atoms with Crippen LogP contribution in [0.3, 0.4) is 0 Å². The molecular formula is C49H82N4O18P2S. The minimum atomic E-state index is -5.55. The first kappa shape index (κ1) is 66.6. The summed E-state index contributed by atoms with van der Waals surface area (Å²) in [6.45, 7) is 3.82. The average molecular weight is 1110 g/mol. The van der Waals surface area contributed by atoms with E-state index in [1.54, 1.807) is 18.2 Å². The van der Waals surface area contributed by atoms with Gasteiger partial charge < -0.3 is 55.9 Å². The molecule has 0 aliphatic carbocycles. The summed E-state index contributed by atoms with van der Waals surface area (Å²) in [5.74, 6) is -2.28. The van der Waals surface area contributed by atoms with Gasteiger partial charge >= 0.3 is 39.2 Å². The number of nitrogens with zero attached hydrogens (tertiary/aromatic N) is 2. The number of nitrogens with two attached hydrogens (primary N) is 2. The van der Waals surface area contributed by atoms with Crippen LogP contribution in [0.2, 0.25) is 0 Å². The predicted octanol–water partition coefficient (Wildman–Crippen LogP) is 6.95. The summed E-state index contributed by atoms with van der Waals surface area (Å²) < 4.78 is 56.9. The van der Waals surface area contributed by atoms with Gasteiger partial charge in [-0.3, -0.25) is 28.0 Å². The van der Waals surface area contributed by atoms with E-state index in [1.807, 2.05) is 18.2 Å². The Morgan fingerprint density at radius 2 is 1.54 bits per heavy atom. The Morgan fingerprint density at radius 1 is 0.865 bits per heavy atom. The molecule has 0 saturated carbocycles. The molecule has 0 amide bonds. The quantitative estimate of drug-likeness (QED) is 0.0108. The summed E-state index contributed by atoms with van der Waals surface area (Å²) in [4.78, 5) is 73.8. The van der Waals surface area contributed by atoms with Crippen molar-refractivity contribution in [2.45, 2.75) is 184 Å². The van der Waals surface area contributed by atoms with E-state index in [2.05, 4.69) is 42.2 Å². The number of anilines is 1. The van der Waals surface area contributed by atoms with Crippen LogP contribution in [0.25, 0.3) is 0 Å². The Labute approximate surface area is 439 Å². The van der Waals surface area contributed by atoms with Crippen molar-refractivity contribution >= 4 is 51.1 Å². The molecule has 22 nitrogen and oxygen atoms in total.